The molecule has 1 saturated carbocycles. The van der Waals surface area contributed by atoms with E-state index in [4.69, 9.17) is 10.00 Å². The number of hydrogen-bond acceptors (Lipinski definition) is 5. The SMILES string of the molecule is COC(=O)[C@H]1CC[C@H](Cn2ncc3ncc(C#N)cc32)CC1. The predicted octanol–water partition coefficient (Wildman–Crippen LogP) is 2.28. The highest BCUT2D eigenvalue weighted by molar-refractivity contribution is 5.75. The molecule has 2 aromatic rings. The Bertz CT molecular complexity index is 723. The molecule has 0 radical (unpaired) electrons. The second kappa shape index (κ2) is 6.14. The van der Waals surface area contributed by atoms with E-state index >= 15 is 0 Å². The molecule has 114 valence electrons. The van der Waals surface area contributed by atoms with Crippen molar-refractivity contribution in [2.24, 2.45) is 11.8 Å². The van der Waals surface area contributed by atoms with Crippen LogP contribution < -0.4 is 0 Å². The zero-order valence-corrected chi connectivity index (χ0v) is 12.5. The number of hydrogen-bond donors (Lipinski definition) is 0. The predicted molar refractivity (Wildman–Crippen MR) is 79.7 cm³/mol. The highest BCUT2D eigenvalue weighted by atomic mass is 16.5. The van der Waals surface area contributed by atoms with Crippen molar-refractivity contribution in [1.82, 2.24) is 14.8 Å². The van der Waals surface area contributed by atoms with E-state index in [1.165, 1.54) is 7.11 Å². The van der Waals surface area contributed by atoms with Crippen LogP contribution in [0.1, 0.15) is 31.2 Å². The molecule has 1 aliphatic carbocycles. The molecule has 1 fully saturated rings. The maximum absolute atomic E-state index is 11.6. The summed E-state index contributed by atoms with van der Waals surface area (Å²) >= 11 is 0. The van der Waals surface area contributed by atoms with Gasteiger partial charge in [-0.05, 0) is 37.7 Å². The van der Waals surface area contributed by atoms with E-state index in [1.807, 2.05) is 10.7 Å². The van der Waals surface area contributed by atoms with Gasteiger partial charge in [-0.2, -0.15) is 10.4 Å². The fourth-order valence-electron chi connectivity index (χ4n) is 3.16. The number of carbonyl (C=O) groups excluding carboxylic acids is 1. The number of nitriles is 1. The number of pyridine rings is 1. The van der Waals surface area contributed by atoms with E-state index in [9.17, 15) is 4.79 Å². The van der Waals surface area contributed by atoms with Crippen molar-refractivity contribution in [2.45, 2.75) is 32.2 Å². The molecule has 2 heterocycles. The van der Waals surface area contributed by atoms with E-state index in [-0.39, 0.29) is 11.9 Å². The molecule has 22 heavy (non-hydrogen) atoms. The number of ether oxygens (including phenoxy) is 1. The molecule has 6 nitrogen and oxygen atoms in total. The van der Waals surface area contributed by atoms with Crippen LogP contribution in [0, 0.1) is 23.2 Å². The van der Waals surface area contributed by atoms with Crippen molar-refractivity contribution < 1.29 is 9.53 Å². The summed E-state index contributed by atoms with van der Waals surface area (Å²) < 4.78 is 6.74. The fraction of sp³-hybridized carbons (Fsp3) is 0.500. The third-order valence-electron chi connectivity index (χ3n) is 4.44. The first-order valence-electron chi connectivity index (χ1n) is 7.50. The van der Waals surface area contributed by atoms with Gasteiger partial charge < -0.3 is 4.74 Å². The summed E-state index contributed by atoms with van der Waals surface area (Å²) in [7, 11) is 1.45. The molecule has 0 N–H and O–H groups in total. The third-order valence-corrected chi connectivity index (χ3v) is 4.44. The average Bonchev–Trinajstić information content (AvgIpc) is 2.97. The van der Waals surface area contributed by atoms with Crippen LogP contribution in [0.25, 0.3) is 11.0 Å². The summed E-state index contributed by atoms with van der Waals surface area (Å²) in [6.45, 7) is 0.800. The second-order valence-electron chi connectivity index (χ2n) is 5.81. The van der Waals surface area contributed by atoms with Gasteiger partial charge >= 0.3 is 5.97 Å². The van der Waals surface area contributed by atoms with Crippen LogP contribution in [0.5, 0.6) is 0 Å². The van der Waals surface area contributed by atoms with Crippen LogP contribution in [0.4, 0.5) is 0 Å². The molecule has 0 saturated heterocycles. The van der Waals surface area contributed by atoms with Gasteiger partial charge in [-0.3, -0.25) is 14.5 Å². The Kier molecular flexibility index (Phi) is 4.05. The minimum atomic E-state index is -0.0918. The molecule has 6 heteroatoms. The molecule has 2 aromatic heterocycles. The molecule has 0 unspecified atom stereocenters. The second-order valence-corrected chi connectivity index (χ2v) is 5.81. The molecular formula is C16H18N4O2. The van der Waals surface area contributed by atoms with Crippen LogP contribution in [0.15, 0.2) is 18.5 Å². The zero-order chi connectivity index (χ0) is 15.5. The minimum Gasteiger partial charge on any atom is -0.469 e. The average molecular weight is 298 g/mol. The van der Waals surface area contributed by atoms with E-state index < -0.39 is 0 Å². The minimum absolute atomic E-state index is 0.0440. The smallest absolute Gasteiger partial charge is 0.308 e. The van der Waals surface area contributed by atoms with Crippen LogP contribution in [0.3, 0.4) is 0 Å². The van der Waals surface area contributed by atoms with Gasteiger partial charge in [0.2, 0.25) is 0 Å². The Balaban J connectivity index is 1.70. The summed E-state index contributed by atoms with van der Waals surface area (Å²) in [5.74, 6) is 0.447. The first-order chi connectivity index (χ1) is 10.7. The van der Waals surface area contributed by atoms with Crippen molar-refractivity contribution in [1.29, 1.82) is 5.26 Å². The lowest BCUT2D eigenvalue weighted by atomic mass is 9.82. The summed E-state index contributed by atoms with van der Waals surface area (Å²) in [4.78, 5) is 15.8. The van der Waals surface area contributed by atoms with E-state index in [2.05, 4.69) is 16.2 Å². The van der Waals surface area contributed by atoms with Crippen LogP contribution in [-0.4, -0.2) is 27.8 Å². The Labute approximate surface area is 128 Å². The van der Waals surface area contributed by atoms with Gasteiger partial charge in [-0.25, -0.2) is 0 Å². The summed E-state index contributed by atoms with van der Waals surface area (Å²) in [5.41, 5.74) is 2.25. The van der Waals surface area contributed by atoms with Crippen molar-refractivity contribution in [3.63, 3.8) is 0 Å². The summed E-state index contributed by atoms with van der Waals surface area (Å²) in [6.07, 6.45) is 7.03. The normalized spacial score (nSPS) is 21.5. The van der Waals surface area contributed by atoms with Gasteiger partial charge in [-0.1, -0.05) is 0 Å². The molecule has 0 bridgehead atoms. The summed E-state index contributed by atoms with van der Waals surface area (Å²) in [6, 6.07) is 3.94. The number of fused-ring (bicyclic) bond motifs is 1. The molecule has 0 aromatic carbocycles. The number of nitrogens with zero attached hydrogens (tertiary/aromatic N) is 4. The molecule has 0 amide bonds. The molecule has 0 aliphatic heterocycles. The van der Waals surface area contributed by atoms with Crippen molar-refractivity contribution in [3.05, 3.63) is 24.0 Å². The monoisotopic (exact) mass is 298 g/mol. The lowest BCUT2D eigenvalue weighted by molar-refractivity contribution is -0.146. The fourth-order valence-corrected chi connectivity index (χ4v) is 3.16. The molecule has 0 atom stereocenters. The number of esters is 1. The molecule has 0 spiro atoms. The van der Waals surface area contributed by atoms with Gasteiger partial charge in [0.1, 0.15) is 11.6 Å². The van der Waals surface area contributed by atoms with Gasteiger partial charge in [0.05, 0.1) is 30.3 Å². The maximum atomic E-state index is 11.6. The van der Waals surface area contributed by atoms with E-state index in [0.717, 1.165) is 43.3 Å². The lowest BCUT2D eigenvalue weighted by Crippen LogP contribution is -2.25. The largest absolute Gasteiger partial charge is 0.469 e. The van der Waals surface area contributed by atoms with Gasteiger partial charge in [0, 0.05) is 12.7 Å². The van der Waals surface area contributed by atoms with Gasteiger partial charge in [-0.15, -0.1) is 0 Å². The number of methoxy groups -OCH3 is 1. The van der Waals surface area contributed by atoms with Gasteiger partial charge in [0.15, 0.2) is 0 Å². The maximum Gasteiger partial charge on any atom is 0.308 e. The Hall–Kier alpha value is -2.42. The van der Waals surface area contributed by atoms with Crippen LogP contribution in [0.2, 0.25) is 0 Å². The molecular weight excluding hydrogens is 280 g/mol. The first-order valence-corrected chi connectivity index (χ1v) is 7.50. The Morgan fingerprint density at radius 2 is 2.18 bits per heavy atom. The molecule has 1 aliphatic rings. The lowest BCUT2D eigenvalue weighted by Gasteiger charge is -2.26. The third kappa shape index (κ3) is 2.80. The van der Waals surface area contributed by atoms with Gasteiger partial charge in [0.25, 0.3) is 0 Å². The van der Waals surface area contributed by atoms with Crippen molar-refractivity contribution >= 4 is 17.0 Å². The van der Waals surface area contributed by atoms with Crippen molar-refractivity contribution in [2.75, 3.05) is 7.11 Å². The highest BCUT2D eigenvalue weighted by Gasteiger charge is 2.27. The Morgan fingerprint density at radius 3 is 2.86 bits per heavy atom. The number of rotatable bonds is 3. The quantitative estimate of drug-likeness (QED) is 0.812. The van der Waals surface area contributed by atoms with Crippen LogP contribution >= 0.6 is 0 Å². The van der Waals surface area contributed by atoms with E-state index in [1.54, 1.807) is 12.4 Å². The van der Waals surface area contributed by atoms with Crippen molar-refractivity contribution in [3.8, 4) is 6.07 Å². The number of carbonyl (C=O) groups is 1. The van der Waals surface area contributed by atoms with E-state index in [0.29, 0.717) is 11.5 Å². The molecule has 3 rings (SSSR count). The summed E-state index contributed by atoms with van der Waals surface area (Å²) in [5, 5.41) is 13.4. The standard InChI is InChI=1S/C16H18N4O2/c1-22-16(21)13-4-2-11(3-5-13)10-20-15-6-12(7-17)8-18-14(15)9-19-20/h6,8-9,11,13H,2-5,10H2,1H3/t11-,13-. The highest BCUT2D eigenvalue weighted by Crippen LogP contribution is 2.31. The first kappa shape index (κ1) is 14.5. The Morgan fingerprint density at radius 1 is 1.41 bits per heavy atom. The topological polar surface area (TPSA) is 80.8 Å². The zero-order valence-electron chi connectivity index (χ0n) is 12.5. The van der Waals surface area contributed by atoms with Crippen LogP contribution in [-0.2, 0) is 16.1 Å². The number of aromatic nitrogens is 3.